The van der Waals surface area contributed by atoms with Gasteiger partial charge in [0.05, 0.1) is 22.4 Å². The van der Waals surface area contributed by atoms with E-state index in [-0.39, 0.29) is 17.5 Å². The van der Waals surface area contributed by atoms with Crippen molar-refractivity contribution in [1.29, 1.82) is 0 Å². The number of aromatic nitrogens is 1. The van der Waals surface area contributed by atoms with Crippen LogP contribution in [-0.4, -0.2) is 11.3 Å². The fourth-order valence-electron chi connectivity index (χ4n) is 12.8. The fourth-order valence-corrected chi connectivity index (χ4v) is 12.8. The van der Waals surface area contributed by atoms with E-state index in [9.17, 15) is 0 Å². The quantitative estimate of drug-likeness (QED) is 0.164. The van der Waals surface area contributed by atoms with Crippen LogP contribution in [0.2, 0.25) is 0 Å². The Morgan fingerprint density at radius 1 is 0.425 bits per heavy atom. The van der Waals surface area contributed by atoms with E-state index in [0.29, 0.717) is 0 Å². The second kappa shape index (κ2) is 15.9. The number of aryl methyl sites for hydroxylation is 6. The maximum absolute atomic E-state index is 6.64. The van der Waals surface area contributed by atoms with E-state index in [0.717, 1.165) is 38.8 Å². The molecule has 2 aromatic heterocycles. The third-order valence-electron chi connectivity index (χ3n) is 16.1. The number of rotatable bonds is 4. The van der Waals surface area contributed by atoms with E-state index in [1.54, 1.807) is 0 Å². The predicted octanol–water partition coefficient (Wildman–Crippen LogP) is 16.9. The second-order valence-corrected chi connectivity index (χ2v) is 23.4. The molecular weight excluding hydrogens is 886 g/mol. The molecular formula is C68H62BN3O. The molecule has 0 radical (unpaired) electrons. The first-order chi connectivity index (χ1) is 34.9. The summed E-state index contributed by atoms with van der Waals surface area (Å²) in [6.07, 6.45) is 0. The van der Waals surface area contributed by atoms with Gasteiger partial charge >= 0.3 is 0 Å². The Balaban J connectivity index is 1.14. The molecule has 0 spiro atoms. The van der Waals surface area contributed by atoms with Crippen molar-refractivity contribution in [3.05, 3.63) is 202 Å². The average Bonchev–Trinajstić information content (AvgIpc) is 3.90. The first-order valence-electron chi connectivity index (χ1n) is 26.1. The van der Waals surface area contributed by atoms with Gasteiger partial charge in [-0.25, -0.2) is 0 Å². The predicted molar refractivity (Wildman–Crippen MR) is 313 cm³/mol. The highest BCUT2D eigenvalue weighted by atomic mass is 16.3. The van der Waals surface area contributed by atoms with Crippen LogP contribution in [0.25, 0.3) is 60.6 Å². The second-order valence-electron chi connectivity index (χ2n) is 23.4. The number of fused-ring (bicyclic) bond motifs is 10. The molecule has 0 bridgehead atoms. The van der Waals surface area contributed by atoms with Crippen molar-refractivity contribution in [3.63, 3.8) is 0 Å². The van der Waals surface area contributed by atoms with Crippen LogP contribution >= 0.6 is 0 Å². The molecule has 0 unspecified atom stereocenters. The molecule has 0 saturated heterocycles. The van der Waals surface area contributed by atoms with Gasteiger partial charge in [-0.2, -0.15) is 0 Å². The third-order valence-corrected chi connectivity index (χ3v) is 16.1. The molecule has 4 nitrogen and oxygen atoms in total. The zero-order chi connectivity index (χ0) is 50.6. The van der Waals surface area contributed by atoms with E-state index in [1.807, 2.05) is 0 Å². The molecule has 0 atom stereocenters. The highest BCUT2D eigenvalue weighted by Crippen LogP contribution is 2.51. The number of hydrogen-bond acceptors (Lipinski definition) is 3. The number of para-hydroxylation sites is 3. The molecule has 13 rings (SSSR count). The Hall–Kier alpha value is -7.76. The monoisotopic (exact) mass is 947 g/mol. The van der Waals surface area contributed by atoms with Crippen molar-refractivity contribution < 1.29 is 4.42 Å². The van der Waals surface area contributed by atoms with Gasteiger partial charge in [-0.3, -0.25) is 0 Å². The maximum atomic E-state index is 6.64. The average molecular weight is 948 g/mol. The lowest BCUT2D eigenvalue weighted by molar-refractivity contribution is 0.590. The van der Waals surface area contributed by atoms with E-state index in [2.05, 4.69) is 255 Å². The SMILES string of the molecule is Cc1cc(C)c(N2c3cc4c(cc3B3c5ccc(C)cc5N(c5c(C)cc(-c6cccc7c6oc6ccccc67)cc5C)c5cc(C(C)(C)C)cc2c53)c2cc(C(C)(C)C)ccc2n4-c2ccccc2)c(C)c1. The van der Waals surface area contributed by atoms with Gasteiger partial charge in [0.1, 0.15) is 11.2 Å². The molecule has 0 aliphatic carbocycles. The Morgan fingerprint density at radius 2 is 1.03 bits per heavy atom. The number of furan rings is 1. The molecule has 9 aromatic carbocycles. The van der Waals surface area contributed by atoms with Crippen LogP contribution < -0.4 is 26.2 Å². The third kappa shape index (κ3) is 6.81. The van der Waals surface area contributed by atoms with E-state index < -0.39 is 0 Å². The molecule has 0 fully saturated rings. The Labute approximate surface area is 430 Å². The van der Waals surface area contributed by atoms with E-state index in [4.69, 9.17) is 4.42 Å². The topological polar surface area (TPSA) is 24.6 Å². The summed E-state index contributed by atoms with van der Waals surface area (Å²) in [6, 6.07) is 60.0. The highest BCUT2D eigenvalue weighted by Gasteiger charge is 2.45. The number of benzene rings is 9. The smallest absolute Gasteiger partial charge is 0.252 e. The zero-order valence-electron chi connectivity index (χ0n) is 44.3. The van der Waals surface area contributed by atoms with Gasteiger partial charge in [0, 0.05) is 55.5 Å². The van der Waals surface area contributed by atoms with Gasteiger partial charge in [-0.1, -0.05) is 138 Å². The van der Waals surface area contributed by atoms with Crippen molar-refractivity contribution in [3.8, 4) is 16.8 Å². The van der Waals surface area contributed by atoms with Crippen molar-refractivity contribution in [1.82, 2.24) is 4.57 Å². The Morgan fingerprint density at radius 3 is 1.70 bits per heavy atom. The highest BCUT2D eigenvalue weighted by molar-refractivity contribution is 7.00. The summed E-state index contributed by atoms with van der Waals surface area (Å²) in [6.45, 7) is 27.7. The van der Waals surface area contributed by atoms with Crippen molar-refractivity contribution in [2.45, 2.75) is 93.9 Å². The molecule has 5 heteroatoms. The van der Waals surface area contributed by atoms with Gasteiger partial charge in [-0.05, 0) is 180 Å². The van der Waals surface area contributed by atoms with E-state index >= 15 is 0 Å². The fraction of sp³-hybridized carbons (Fsp3) is 0.206. The summed E-state index contributed by atoms with van der Waals surface area (Å²) in [5.41, 5.74) is 29.0. The van der Waals surface area contributed by atoms with Crippen molar-refractivity contribution in [2.24, 2.45) is 0 Å². The first kappa shape index (κ1) is 45.1. The molecule has 358 valence electrons. The van der Waals surface area contributed by atoms with Gasteiger partial charge in [0.2, 0.25) is 0 Å². The molecule has 0 N–H and O–H groups in total. The van der Waals surface area contributed by atoms with Gasteiger partial charge in [-0.15, -0.1) is 0 Å². The van der Waals surface area contributed by atoms with Gasteiger partial charge in [0.25, 0.3) is 6.71 Å². The zero-order valence-corrected chi connectivity index (χ0v) is 44.3. The minimum atomic E-state index is -0.156. The molecule has 0 saturated carbocycles. The minimum absolute atomic E-state index is 0.0156. The molecule has 0 amide bonds. The van der Waals surface area contributed by atoms with Crippen LogP contribution in [0.5, 0.6) is 0 Å². The van der Waals surface area contributed by atoms with Crippen LogP contribution in [0, 0.1) is 41.5 Å². The lowest BCUT2D eigenvalue weighted by Gasteiger charge is -2.46. The number of hydrogen-bond donors (Lipinski definition) is 0. The van der Waals surface area contributed by atoms with Crippen LogP contribution in [0.3, 0.4) is 0 Å². The number of anilines is 6. The molecule has 11 aromatic rings. The molecule has 2 aliphatic rings. The summed E-state index contributed by atoms with van der Waals surface area (Å²) in [5, 5.41) is 4.84. The summed E-state index contributed by atoms with van der Waals surface area (Å²) in [5.74, 6) is 0. The molecule has 4 heterocycles. The van der Waals surface area contributed by atoms with Gasteiger partial charge < -0.3 is 18.8 Å². The Kier molecular flexibility index (Phi) is 9.81. The summed E-state index contributed by atoms with van der Waals surface area (Å²) >= 11 is 0. The van der Waals surface area contributed by atoms with Crippen LogP contribution in [0.1, 0.15) is 86.1 Å². The summed E-state index contributed by atoms with van der Waals surface area (Å²) < 4.78 is 9.14. The normalized spacial score (nSPS) is 13.4. The van der Waals surface area contributed by atoms with E-state index in [1.165, 1.54) is 117 Å². The summed E-state index contributed by atoms with van der Waals surface area (Å²) in [7, 11) is 0. The van der Waals surface area contributed by atoms with Gasteiger partial charge in [0.15, 0.2) is 0 Å². The van der Waals surface area contributed by atoms with Crippen LogP contribution in [0.4, 0.5) is 34.1 Å². The van der Waals surface area contributed by atoms with Crippen molar-refractivity contribution in [2.75, 3.05) is 9.80 Å². The Bertz CT molecular complexity index is 4090. The van der Waals surface area contributed by atoms with Crippen LogP contribution in [-0.2, 0) is 10.8 Å². The largest absolute Gasteiger partial charge is 0.455 e. The number of nitrogens with zero attached hydrogens (tertiary/aromatic N) is 3. The summed E-state index contributed by atoms with van der Waals surface area (Å²) in [4.78, 5) is 5.29. The lowest BCUT2D eigenvalue weighted by atomic mass is 9.33. The lowest BCUT2D eigenvalue weighted by Crippen LogP contribution is -2.61. The van der Waals surface area contributed by atoms with Crippen LogP contribution in [0.15, 0.2) is 162 Å². The molecule has 73 heavy (non-hydrogen) atoms. The maximum Gasteiger partial charge on any atom is 0.252 e. The first-order valence-corrected chi connectivity index (χ1v) is 26.1. The molecule has 2 aliphatic heterocycles. The standard InChI is InChI=1S/C68H62BN3O/c1-39-25-27-54-58(31-39)71(65-43(5)32-45(33-44(65)6)49-22-18-23-51-50-21-16-17-24-62(50)73-66(49)51)60-35-47(68(10,11)12)36-61-63(60)69(54)55-37-53-52-34-46(67(7,8)9)26-28-56(52)70(48-19-14-13-15-20-48)57(53)38-59(55)72(61)64-41(3)29-40(2)30-42(64)4/h13-38H,1-12H3. The minimum Gasteiger partial charge on any atom is -0.455 e. The van der Waals surface area contributed by atoms with Crippen molar-refractivity contribution >= 4 is 101 Å².